The third-order valence-corrected chi connectivity index (χ3v) is 4.40. The van der Waals surface area contributed by atoms with E-state index in [0.29, 0.717) is 6.42 Å². The van der Waals surface area contributed by atoms with Gasteiger partial charge in [0.05, 0.1) is 0 Å². The lowest BCUT2D eigenvalue weighted by molar-refractivity contribution is -0.114. The van der Waals surface area contributed by atoms with Crippen LogP contribution in [0.5, 0.6) is 0 Å². The van der Waals surface area contributed by atoms with Gasteiger partial charge in [0.25, 0.3) is 0 Å². The summed E-state index contributed by atoms with van der Waals surface area (Å²) in [4.78, 5) is 12.1. The van der Waals surface area contributed by atoms with Crippen LogP contribution < -0.4 is 0 Å². The molecule has 0 aromatic heterocycles. The van der Waals surface area contributed by atoms with Crippen LogP contribution in [-0.2, 0) is 24.1 Å². The lowest BCUT2D eigenvalue weighted by Gasteiger charge is -2.13. The summed E-state index contributed by atoms with van der Waals surface area (Å²) in [5, 5.41) is 0. The average molecular weight is 254 g/mol. The number of aryl methyl sites for hydroxylation is 2. The maximum Gasteiger partial charge on any atom is 0.160 e. The molecule has 0 heterocycles. The molecule has 2 aliphatic rings. The van der Waals surface area contributed by atoms with Gasteiger partial charge in [0.2, 0.25) is 0 Å². The predicted molar refractivity (Wildman–Crippen MR) is 78.3 cm³/mol. The molecule has 0 spiro atoms. The van der Waals surface area contributed by atoms with E-state index < -0.39 is 0 Å². The molecule has 0 saturated heterocycles. The fourth-order valence-electron chi connectivity index (χ4n) is 3.37. The van der Waals surface area contributed by atoms with E-state index in [1.165, 1.54) is 60.8 Å². The third kappa shape index (κ3) is 3.15. The highest BCUT2D eigenvalue weighted by Gasteiger charge is 2.12. The lowest BCUT2D eigenvalue weighted by Crippen LogP contribution is -2.03. The minimum Gasteiger partial charge on any atom is -0.294 e. The fourth-order valence-corrected chi connectivity index (χ4v) is 3.37. The summed E-state index contributed by atoms with van der Waals surface area (Å²) < 4.78 is 0. The Kier molecular flexibility index (Phi) is 3.82. The van der Waals surface area contributed by atoms with E-state index in [1.54, 1.807) is 0 Å². The summed E-state index contributed by atoms with van der Waals surface area (Å²) in [5.41, 5.74) is 5.52. The molecule has 0 N–H and O–H groups in total. The smallest absolute Gasteiger partial charge is 0.160 e. The summed E-state index contributed by atoms with van der Waals surface area (Å²) >= 11 is 0. The van der Waals surface area contributed by atoms with Crippen molar-refractivity contribution in [1.82, 2.24) is 0 Å². The van der Waals surface area contributed by atoms with Crippen molar-refractivity contribution in [2.24, 2.45) is 0 Å². The van der Waals surface area contributed by atoms with Gasteiger partial charge in [-0.05, 0) is 67.7 Å². The normalized spacial score (nSPS) is 18.2. The van der Waals surface area contributed by atoms with Gasteiger partial charge in [-0.1, -0.05) is 30.2 Å². The summed E-state index contributed by atoms with van der Waals surface area (Å²) in [7, 11) is 0. The van der Waals surface area contributed by atoms with Crippen LogP contribution in [0.4, 0.5) is 0 Å². The van der Waals surface area contributed by atoms with Crippen LogP contribution >= 0.6 is 0 Å². The third-order valence-electron chi connectivity index (χ3n) is 4.40. The second-order valence-corrected chi connectivity index (χ2v) is 5.96. The first-order valence-corrected chi connectivity index (χ1v) is 7.64. The molecule has 0 atom stereocenters. The second kappa shape index (κ2) is 5.73. The molecule has 1 saturated carbocycles. The number of allylic oxidation sites excluding steroid dienone is 2. The predicted octanol–water partition coefficient (Wildman–Crippen LogP) is 4.18. The molecule has 0 amide bonds. The molecule has 19 heavy (non-hydrogen) atoms. The van der Waals surface area contributed by atoms with Gasteiger partial charge in [0, 0.05) is 6.42 Å². The van der Waals surface area contributed by atoms with Crippen LogP contribution in [0.1, 0.15) is 55.2 Å². The highest BCUT2D eigenvalue weighted by atomic mass is 16.1. The minimum absolute atomic E-state index is 0.287. The van der Waals surface area contributed by atoms with E-state index in [1.807, 2.05) is 6.08 Å². The molecule has 1 nitrogen and oxygen atoms in total. The van der Waals surface area contributed by atoms with E-state index in [0.717, 1.165) is 12.8 Å². The molecule has 0 bridgehead atoms. The van der Waals surface area contributed by atoms with E-state index in [2.05, 4.69) is 18.2 Å². The van der Waals surface area contributed by atoms with Crippen LogP contribution in [-0.4, -0.2) is 5.78 Å². The Morgan fingerprint density at radius 3 is 2.58 bits per heavy atom. The van der Waals surface area contributed by atoms with Crippen LogP contribution in [0.25, 0.3) is 0 Å². The van der Waals surface area contributed by atoms with Crippen LogP contribution in [0.2, 0.25) is 0 Å². The van der Waals surface area contributed by atoms with E-state index in [-0.39, 0.29) is 5.78 Å². The highest BCUT2D eigenvalue weighted by Crippen LogP contribution is 2.24. The van der Waals surface area contributed by atoms with Crippen molar-refractivity contribution in [3.05, 3.63) is 46.5 Å². The monoisotopic (exact) mass is 254 g/mol. The first-order chi connectivity index (χ1) is 9.31. The van der Waals surface area contributed by atoms with Crippen molar-refractivity contribution < 1.29 is 4.79 Å². The molecule has 1 heteroatoms. The molecule has 1 aromatic rings. The molecule has 2 aliphatic carbocycles. The van der Waals surface area contributed by atoms with Gasteiger partial charge < -0.3 is 0 Å². The fraction of sp³-hybridized carbons (Fsp3) is 0.500. The maximum absolute atomic E-state index is 12.1. The number of ketones is 1. The number of hydrogen-bond donors (Lipinski definition) is 0. The Bertz CT molecular complexity index is 502. The number of carbonyl (C=O) groups excluding carboxylic acids is 1. The van der Waals surface area contributed by atoms with Crippen LogP contribution in [0.3, 0.4) is 0 Å². The van der Waals surface area contributed by atoms with Crippen molar-refractivity contribution in [3.8, 4) is 0 Å². The molecule has 100 valence electrons. The Morgan fingerprint density at radius 1 is 0.947 bits per heavy atom. The van der Waals surface area contributed by atoms with Crippen LogP contribution in [0.15, 0.2) is 29.8 Å². The Balaban J connectivity index is 1.66. The summed E-state index contributed by atoms with van der Waals surface area (Å²) in [6, 6.07) is 6.61. The second-order valence-electron chi connectivity index (χ2n) is 5.96. The molecule has 0 radical (unpaired) electrons. The van der Waals surface area contributed by atoms with E-state index in [4.69, 9.17) is 0 Å². The average Bonchev–Trinajstić information content (AvgIpc) is 2.87. The zero-order chi connectivity index (χ0) is 13.1. The van der Waals surface area contributed by atoms with E-state index >= 15 is 0 Å². The zero-order valence-corrected chi connectivity index (χ0v) is 11.6. The molecular formula is C18H22O. The highest BCUT2D eigenvalue weighted by molar-refractivity contribution is 5.92. The summed E-state index contributed by atoms with van der Waals surface area (Å²) in [5.74, 6) is 0.287. The van der Waals surface area contributed by atoms with Gasteiger partial charge in [-0.15, -0.1) is 0 Å². The Labute approximate surface area is 115 Å². The number of rotatable bonds is 3. The Morgan fingerprint density at radius 2 is 1.74 bits per heavy atom. The summed E-state index contributed by atoms with van der Waals surface area (Å²) in [6.45, 7) is 0. The number of hydrogen-bond acceptors (Lipinski definition) is 1. The number of carbonyl (C=O) groups is 1. The van der Waals surface area contributed by atoms with Gasteiger partial charge in [-0.25, -0.2) is 0 Å². The van der Waals surface area contributed by atoms with Gasteiger partial charge in [-0.2, -0.15) is 0 Å². The van der Waals surface area contributed by atoms with Gasteiger partial charge in [-0.3, -0.25) is 4.79 Å². The summed E-state index contributed by atoms with van der Waals surface area (Å²) in [6.07, 6.45) is 12.3. The van der Waals surface area contributed by atoms with Gasteiger partial charge in [0.1, 0.15) is 0 Å². The molecule has 3 rings (SSSR count). The lowest BCUT2D eigenvalue weighted by atomic mass is 9.93. The first kappa shape index (κ1) is 12.7. The topological polar surface area (TPSA) is 17.1 Å². The number of benzene rings is 1. The molecule has 0 unspecified atom stereocenters. The van der Waals surface area contributed by atoms with Crippen molar-refractivity contribution in [3.63, 3.8) is 0 Å². The van der Waals surface area contributed by atoms with Crippen molar-refractivity contribution in [1.29, 1.82) is 0 Å². The SMILES string of the molecule is O=C(C=C1CCCCC1)Cc1ccc2c(c1)CCC2. The molecular weight excluding hydrogens is 232 g/mol. The van der Waals surface area contributed by atoms with Gasteiger partial charge in [0.15, 0.2) is 5.78 Å². The van der Waals surface area contributed by atoms with Gasteiger partial charge >= 0.3 is 0 Å². The quantitative estimate of drug-likeness (QED) is 0.740. The maximum atomic E-state index is 12.1. The standard InChI is InChI=1S/C18H22O/c19-18(12-14-5-2-1-3-6-14)13-15-9-10-16-7-4-8-17(16)11-15/h9-12H,1-8,13H2. The largest absolute Gasteiger partial charge is 0.294 e. The minimum atomic E-state index is 0.287. The molecule has 1 aromatic carbocycles. The zero-order valence-electron chi connectivity index (χ0n) is 11.6. The number of fused-ring (bicyclic) bond motifs is 1. The Hall–Kier alpha value is -1.37. The first-order valence-electron chi connectivity index (χ1n) is 7.64. The van der Waals surface area contributed by atoms with Crippen LogP contribution in [0, 0.1) is 0 Å². The van der Waals surface area contributed by atoms with Crippen molar-refractivity contribution in [2.75, 3.05) is 0 Å². The van der Waals surface area contributed by atoms with E-state index in [9.17, 15) is 4.79 Å². The van der Waals surface area contributed by atoms with Crippen molar-refractivity contribution in [2.45, 2.75) is 57.8 Å². The molecule has 0 aliphatic heterocycles. The van der Waals surface area contributed by atoms with Crippen molar-refractivity contribution >= 4 is 5.78 Å². The molecule has 1 fully saturated rings.